The lowest BCUT2D eigenvalue weighted by molar-refractivity contribution is -0.141. The van der Waals surface area contributed by atoms with Crippen LogP contribution in [0.15, 0.2) is 48.5 Å². The Morgan fingerprint density at radius 3 is 2.33 bits per heavy atom. The van der Waals surface area contributed by atoms with E-state index < -0.39 is 11.9 Å². The highest BCUT2D eigenvalue weighted by Gasteiger charge is 2.19. The molecule has 1 N–H and O–H groups in total. The van der Waals surface area contributed by atoms with Gasteiger partial charge in [0.25, 0.3) is 0 Å². The fourth-order valence-corrected chi connectivity index (χ4v) is 2.49. The van der Waals surface area contributed by atoms with Crippen LogP contribution in [-0.4, -0.2) is 18.2 Å². The summed E-state index contributed by atoms with van der Waals surface area (Å²) in [7, 11) is 1.60. The van der Waals surface area contributed by atoms with Crippen molar-refractivity contribution in [2.75, 3.05) is 7.11 Å². The van der Waals surface area contributed by atoms with Crippen molar-refractivity contribution in [2.45, 2.75) is 12.8 Å². The molecular formula is C17H17ClO3. The van der Waals surface area contributed by atoms with Crippen molar-refractivity contribution in [1.29, 1.82) is 0 Å². The summed E-state index contributed by atoms with van der Waals surface area (Å²) in [5, 5.41) is 10.1. The van der Waals surface area contributed by atoms with Gasteiger partial charge in [-0.05, 0) is 48.2 Å². The average Bonchev–Trinajstić information content (AvgIpc) is 2.47. The minimum absolute atomic E-state index is 0.451. The lowest BCUT2D eigenvalue weighted by Gasteiger charge is -2.13. The highest BCUT2D eigenvalue weighted by molar-refractivity contribution is 6.30. The summed E-state index contributed by atoms with van der Waals surface area (Å²) in [6.07, 6.45) is 0.909. The second kappa shape index (κ2) is 7.14. The molecule has 0 heterocycles. The van der Waals surface area contributed by atoms with Gasteiger partial charge in [0, 0.05) is 5.02 Å². The summed E-state index contributed by atoms with van der Waals surface area (Å²) < 4.78 is 5.17. The third-order valence-corrected chi connectivity index (χ3v) is 3.57. The summed E-state index contributed by atoms with van der Waals surface area (Å²) in [4.78, 5) is 11.5. The zero-order valence-corrected chi connectivity index (χ0v) is 12.5. The maximum atomic E-state index is 11.5. The number of rotatable bonds is 6. The van der Waals surface area contributed by atoms with Crippen molar-refractivity contribution in [3.05, 3.63) is 64.7 Å². The summed E-state index contributed by atoms with van der Waals surface area (Å²) in [5.41, 5.74) is 1.88. The molecular weight excluding hydrogens is 288 g/mol. The van der Waals surface area contributed by atoms with Crippen molar-refractivity contribution in [3.63, 3.8) is 0 Å². The fourth-order valence-electron chi connectivity index (χ4n) is 2.28. The first-order valence-electron chi connectivity index (χ1n) is 6.68. The van der Waals surface area contributed by atoms with E-state index in [0.29, 0.717) is 17.9 Å². The molecule has 21 heavy (non-hydrogen) atoms. The van der Waals surface area contributed by atoms with E-state index >= 15 is 0 Å². The summed E-state index contributed by atoms with van der Waals surface area (Å²) >= 11 is 5.94. The number of carboxylic acids is 1. The van der Waals surface area contributed by atoms with Crippen LogP contribution in [0.1, 0.15) is 11.1 Å². The van der Waals surface area contributed by atoms with Crippen LogP contribution in [0.4, 0.5) is 0 Å². The summed E-state index contributed by atoms with van der Waals surface area (Å²) in [6.45, 7) is 0. The van der Waals surface area contributed by atoms with Crippen LogP contribution in [0.3, 0.4) is 0 Å². The second-order valence-corrected chi connectivity index (χ2v) is 5.36. The van der Waals surface area contributed by atoms with Gasteiger partial charge in [0.15, 0.2) is 0 Å². The zero-order chi connectivity index (χ0) is 15.2. The minimum atomic E-state index is -0.808. The molecule has 2 aromatic rings. The van der Waals surface area contributed by atoms with E-state index in [0.717, 1.165) is 16.9 Å². The van der Waals surface area contributed by atoms with Gasteiger partial charge in [0.05, 0.1) is 13.0 Å². The van der Waals surface area contributed by atoms with Crippen LogP contribution in [0, 0.1) is 5.92 Å². The molecule has 110 valence electrons. The number of methoxy groups -OCH3 is 1. The van der Waals surface area contributed by atoms with Crippen LogP contribution in [0.2, 0.25) is 5.02 Å². The van der Waals surface area contributed by atoms with Crippen LogP contribution < -0.4 is 4.74 Å². The molecule has 0 aliphatic heterocycles. The Balaban J connectivity index is 2.13. The number of hydrogen-bond acceptors (Lipinski definition) is 2. The Labute approximate surface area is 129 Å². The van der Waals surface area contributed by atoms with E-state index in [1.807, 2.05) is 42.5 Å². The number of ether oxygens (including phenoxy) is 1. The largest absolute Gasteiger partial charge is 0.497 e. The first-order chi connectivity index (χ1) is 10.1. The molecule has 0 aliphatic rings. The van der Waals surface area contributed by atoms with Crippen molar-refractivity contribution in [2.24, 2.45) is 5.92 Å². The van der Waals surface area contributed by atoms with Crippen molar-refractivity contribution >= 4 is 17.6 Å². The standard InChI is InChI=1S/C17H17ClO3/c1-21-16-7-3-5-13(11-16)9-14(17(19)20)8-12-4-2-6-15(18)10-12/h2-7,10-11,14H,8-9H2,1H3,(H,19,20). The second-order valence-electron chi connectivity index (χ2n) is 4.92. The topological polar surface area (TPSA) is 46.5 Å². The smallest absolute Gasteiger partial charge is 0.307 e. The number of halogens is 1. The molecule has 0 bridgehead atoms. The van der Waals surface area contributed by atoms with Gasteiger partial charge < -0.3 is 9.84 Å². The molecule has 1 unspecified atom stereocenters. The highest BCUT2D eigenvalue weighted by atomic mass is 35.5. The van der Waals surface area contributed by atoms with Crippen LogP contribution >= 0.6 is 11.6 Å². The maximum Gasteiger partial charge on any atom is 0.307 e. The maximum absolute atomic E-state index is 11.5. The Hall–Kier alpha value is -2.00. The predicted octanol–water partition coefficient (Wildman–Crippen LogP) is 3.83. The van der Waals surface area contributed by atoms with Gasteiger partial charge in [-0.25, -0.2) is 0 Å². The van der Waals surface area contributed by atoms with Gasteiger partial charge >= 0.3 is 5.97 Å². The van der Waals surface area contributed by atoms with E-state index in [1.165, 1.54) is 0 Å². The van der Waals surface area contributed by atoms with Gasteiger partial charge in [-0.15, -0.1) is 0 Å². The zero-order valence-electron chi connectivity index (χ0n) is 11.8. The van der Waals surface area contributed by atoms with Crippen LogP contribution in [-0.2, 0) is 17.6 Å². The molecule has 0 amide bonds. The lowest BCUT2D eigenvalue weighted by Crippen LogP contribution is -2.19. The Morgan fingerprint density at radius 2 is 1.76 bits per heavy atom. The molecule has 0 spiro atoms. The lowest BCUT2D eigenvalue weighted by atomic mass is 9.92. The highest BCUT2D eigenvalue weighted by Crippen LogP contribution is 2.20. The average molecular weight is 305 g/mol. The third kappa shape index (κ3) is 4.50. The van der Waals surface area contributed by atoms with E-state index in [4.69, 9.17) is 16.3 Å². The summed E-state index contributed by atoms with van der Waals surface area (Å²) in [6, 6.07) is 14.8. The van der Waals surface area contributed by atoms with Gasteiger partial charge in [-0.3, -0.25) is 4.79 Å². The van der Waals surface area contributed by atoms with Gasteiger partial charge in [0.2, 0.25) is 0 Å². The van der Waals surface area contributed by atoms with Crippen LogP contribution in [0.25, 0.3) is 0 Å². The van der Waals surface area contributed by atoms with Gasteiger partial charge in [-0.2, -0.15) is 0 Å². The van der Waals surface area contributed by atoms with Crippen LogP contribution in [0.5, 0.6) is 5.75 Å². The van der Waals surface area contributed by atoms with E-state index in [9.17, 15) is 9.90 Å². The Morgan fingerprint density at radius 1 is 1.14 bits per heavy atom. The molecule has 1 atom stereocenters. The molecule has 0 fully saturated rings. The molecule has 0 radical (unpaired) electrons. The predicted molar refractivity (Wildman–Crippen MR) is 83.0 cm³/mol. The first-order valence-corrected chi connectivity index (χ1v) is 7.06. The Bertz CT molecular complexity index is 625. The quantitative estimate of drug-likeness (QED) is 0.882. The molecule has 2 aromatic carbocycles. The minimum Gasteiger partial charge on any atom is -0.497 e. The molecule has 3 nitrogen and oxygen atoms in total. The van der Waals surface area contributed by atoms with Crippen molar-refractivity contribution in [3.8, 4) is 5.75 Å². The number of hydrogen-bond donors (Lipinski definition) is 1. The molecule has 0 aliphatic carbocycles. The number of aliphatic carboxylic acids is 1. The molecule has 0 aromatic heterocycles. The van der Waals surface area contributed by atoms with Crippen molar-refractivity contribution in [1.82, 2.24) is 0 Å². The Kier molecular flexibility index (Phi) is 5.23. The fraction of sp³-hybridized carbons (Fsp3) is 0.235. The summed E-state index contributed by atoms with van der Waals surface area (Å²) in [5.74, 6) is -0.562. The monoisotopic (exact) mass is 304 g/mol. The molecule has 0 saturated carbocycles. The number of carboxylic acid groups (broad SMARTS) is 1. The van der Waals surface area contributed by atoms with E-state index in [-0.39, 0.29) is 0 Å². The normalized spacial score (nSPS) is 11.9. The third-order valence-electron chi connectivity index (χ3n) is 3.34. The van der Waals surface area contributed by atoms with Gasteiger partial charge in [-0.1, -0.05) is 35.9 Å². The molecule has 0 saturated heterocycles. The molecule has 2 rings (SSSR count). The molecule has 4 heteroatoms. The van der Waals surface area contributed by atoms with Crippen molar-refractivity contribution < 1.29 is 14.6 Å². The van der Waals surface area contributed by atoms with E-state index in [1.54, 1.807) is 13.2 Å². The first kappa shape index (κ1) is 15.4. The van der Waals surface area contributed by atoms with E-state index in [2.05, 4.69) is 0 Å². The number of benzene rings is 2. The van der Waals surface area contributed by atoms with Gasteiger partial charge in [0.1, 0.15) is 5.75 Å². The number of carbonyl (C=O) groups is 1. The SMILES string of the molecule is COc1cccc(CC(Cc2cccc(Cl)c2)C(=O)O)c1.